The van der Waals surface area contributed by atoms with Crippen molar-refractivity contribution in [3.05, 3.63) is 58.6 Å². The fraction of sp³-hybridized carbons (Fsp3) is 0.250. The molecule has 24 heavy (non-hydrogen) atoms. The van der Waals surface area contributed by atoms with Crippen LogP contribution in [0.25, 0.3) is 0 Å². The Bertz CT molecular complexity index is 832. The Kier molecular flexibility index (Phi) is 5.08. The fourth-order valence-corrected chi connectivity index (χ4v) is 3.30. The van der Waals surface area contributed by atoms with Crippen LogP contribution in [0.3, 0.4) is 0 Å². The standard InChI is InChI=1S/C16H18N2O5S/c1-12(2)23-15-9-7-13(8-10-15)17(3)24(21,22)16-6-4-5-14(11-16)18(19)20/h4-12H,1-3H3. The van der Waals surface area contributed by atoms with Crippen LogP contribution in [0, 0.1) is 10.1 Å². The smallest absolute Gasteiger partial charge is 0.270 e. The molecule has 128 valence electrons. The molecule has 0 radical (unpaired) electrons. The third-order valence-corrected chi connectivity index (χ3v) is 5.04. The summed E-state index contributed by atoms with van der Waals surface area (Å²) in [6.07, 6.45) is 0.0159. The fourth-order valence-electron chi connectivity index (χ4n) is 2.06. The van der Waals surface area contributed by atoms with Crippen LogP contribution in [0.5, 0.6) is 5.75 Å². The quantitative estimate of drug-likeness (QED) is 0.589. The number of nitro groups is 1. The molecule has 0 bridgehead atoms. The number of hydrogen-bond acceptors (Lipinski definition) is 5. The van der Waals surface area contributed by atoms with Crippen molar-refractivity contribution in [1.29, 1.82) is 0 Å². The summed E-state index contributed by atoms with van der Waals surface area (Å²) in [5.41, 5.74) is 0.155. The van der Waals surface area contributed by atoms with Crippen LogP contribution >= 0.6 is 0 Å². The molecule has 2 rings (SSSR count). The normalized spacial score (nSPS) is 11.3. The van der Waals surface area contributed by atoms with Gasteiger partial charge in [-0.2, -0.15) is 0 Å². The van der Waals surface area contributed by atoms with E-state index in [2.05, 4.69) is 0 Å². The Morgan fingerprint density at radius 3 is 2.29 bits per heavy atom. The van der Waals surface area contributed by atoms with E-state index < -0.39 is 14.9 Å². The summed E-state index contributed by atoms with van der Waals surface area (Å²) in [5, 5.41) is 10.8. The summed E-state index contributed by atoms with van der Waals surface area (Å²) in [6, 6.07) is 11.6. The molecule has 0 aliphatic rings. The van der Waals surface area contributed by atoms with Gasteiger partial charge in [0.1, 0.15) is 5.75 Å². The van der Waals surface area contributed by atoms with Gasteiger partial charge in [-0.25, -0.2) is 8.42 Å². The maximum atomic E-state index is 12.6. The molecule has 0 atom stereocenters. The zero-order valence-corrected chi connectivity index (χ0v) is 14.4. The molecular weight excluding hydrogens is 332 g/mol. The first-order valence-corrected chi connectivity index (χ1v) is 8.66. The maximum absolute atomic E-state index is 12.6. The monoisotopic (exact) mass is 350 g/mol. The van der Waals surface area contributed by atoms with E-state index in [1.165, 1.54) is 25.2 Å². The first-order valence-electron chi connectivity index (χ1n) is 7.22. The average Bonchev–Trinajstić information content (AvgIpc) is 2.54. The van der Waals surface area contributed by atoms with Crippen LogP contribution in [-0.2, 0) is 10.0 Å². The van der Waals surface area contributed by atoms with Gasteiger partial charge in [0.15, 0.2) is 0 Å². The molecule has 0 fully saturated rings. The molecule has 0 amide bonds. The van der Waals surface area contributed by atoms with Crippen molar-refractivity contribution in [3.63, 3.8) is 0 Å². The van der Waals surface area contributed by atoms with Crippen LogP contribution in [-0.4, -0.2) is 26.5 Å². The van der Waals surface area contributed by atoms with Gasteiger partial charge in [-0.15, -0.1) is 0 Å². The van der Waals surface area contributed by atoms with Crippen molar-refractivity contribution in [1.82, 2.24) is 0 Å². The number of rotatable bonds is 6. The molecule has 0 N–H and O–H groups in total. The molecule has 2 aromatic rings. The Morgan fingerprint density at radius 1 is 1.12 bits per heavy atom. The summed E-state index contributed by atoms with van der Waals surface area (Å²) in [4.78, 5) is 10.1. The molecule has 0 saturated heterocycles. The second-order valence-corrected chi connectivity index (χ2v) is 7.36. The zero-order chi connectivity index (χ0) is 17.9. The van der Waals surface area contributed by atoms with Crippen molar-refractivity contribution in [2.75, 3.05) is 11.4 Å². The number of nitrogens with zero attached hydrogens (tertiary/aromatic N) is 2. The molecule has 2 aromatic carbocycles. The second-order valence-electron chi connectivity index (χ2n) is 5.39. The maximum Gasteiger partial charge on any atom is 0.270 e. The number of sulfonamides is 1. The lowest BCUT2D eigenvalue weighted by molar-refractivity contribution is -0.385. The average molecular weight is 350 g/mol. The van der Waals surface area contributed by atoms with Crippen LogP contribution < -0.4 is 9.04 Å². The number of non-ortho nitro benzene ring substituents is 1. The Labute approximate surface area is 140 Å². The Balaban J connectivity index is 2.32. The third kappa shape index (κ3) is 3.83. The minimum atomic E-state index is -3.90. The third-order valence-electron chi connectivity index (χ3n) is 3.26. The Morgan fingerprint density at radius 2 is 1.75 bits per heavy atom. The number of anilines is 1. The van der Waals surface area contributed by atoms with E-state index in [-0.39, 0.29) is 16.7 Å². The van der Waals surface area contributed by atoms with E-state index in [1.807, 2.05) is 13.8 Å². The van der Waals surface area contributed by atoms with Crippen molar-refractivity contribution in [2.45, 2.75) is 24.8 Å². The topological polar surface area (TPSA) is 89.8 Å². The zero-order valence-electron chi connectivity index (χ0n) is 13.5. The molecular formula is C16H18N2O5S. The highest BCUT2D eigenvalue weighted by Crippen LogP contribution is 2.26. The van der Waals surface area contributed by atoms with Crippen molar-refractivity contribution >= 4 is 21.4 Å². The summed E-state index contributed by atoms with van der Waals surface area (Å²) in [6.45, 7) is 3.79. The molecule has 0 saturated carbocycles. The van der Waals surface area contributed by atoms with Gasteiger partial charge >= 0.3 is 0 Å². The van der Waals surface area contributed by atoms with Gasteiger partial charge < -0.3 is 4.74 Å². The van der Waals surface area contributed by atoms with Crippen LogP contribution in [0.2, 0.25) is 0 Å². The van der Waals surface area contributed by atoms with Gasteiger partial charge in [0.25, 0.3) is 15.7 Å². The van der Waals surface area contributed by atoms with Gasteiger partial charge in [0.05, 0.1) is 21.6 Å². The lowest BCUT2D eigenvalue weighted by Crippen LogP contribution is -2.26. The highest BCUT2D eigenvalue weighted by Gasteiger charge is 2.23. The van der Waals surface area contributed by atoms with Crippen LogP contribution in [0.1, 0.15) is 13.8 Å². The lowest BCUT2D eigenvalue weighted by Gasteiger charge is -2.20. The van der Waals surface area contributed by atoms with Gasteiger partial charge in [-0.1, -0.05) is 6.07 Å². The summed E-state index contributed by atoms with van der Waals surface area (Å²) < 4.78 is 31.9. The minimum absolute atomic E-state index is 0.0159. The molecule has 0 unspecified atom stereocenters. The molecule has 0 aliphatic heterocycles. The predicted octanol–water partition coefficient (Wildman–Crippen LogP) is 3.21. The second kappa shape index (κ2) is 6.88. The molecule has 8 heteroatoms. The van der Waals surface area contributed by atoms with E-state index in [9.17, 15) is 18.5 Å². The molecule has 0 spiro atoms. The first-order chi connectivity index (χ1) is 11.2. The van der Waals surface area contributed by atoms with E-state index in [0.717, 1.165) is 10.4 Å². The number of hydrogen-bond donors (Lipinski definition) is 0. The van der Waals surface area contributed by atoms with E-state index >= 15 is 0 Å². The molecule has 0 aromatic heterocycles. The van der Waals surface area contributed by atoms with Gasteiger partial charge in [-0.3, -0.25) is 14.4 Å². The van der Waals surface area contributed by atoms with Crippen LogP contribution in [0.15, 0.2) is 53.4 Å². The SMILES string of the molecule is CC(C)Oc1ccc(N(C)S(=O)(=O)c2cccc([N+](=O)[O-])c2)cc1. The minimum Gasteiger partial charge on any atom is -0.491 e. The number of nitro benzene ring substituents is 1. The largest absolute Gasteiger partial charge is 0.491 e. The van der Waals surface area contributed by atoms with Gasteiger partial charge in [-0.05, 0) is 44.2 Å². The van der Waals surface area contributed by atoms with Crippen molar-refractivity contribution in [2.24, 2.45) is 0 Å². The van der Waals surface area contributed by atoms with E-state index in [1.54, 1.807) is 24.3 Å². The summed E-state index contributed by atoms with van der Waals surface area (Å²) in [7, 11) is -2.50. The van der Waals surface area contributed by atoms with E-state index in [4.69, 9.17) is 4.74 Å². The molecule has 7 nitrogen and oxygen atoms in total. The van der Waals surface area contributed by atoms with Gasteiger partial charge in [0.2, 0.25) is 0 Å². The highest BCUT2D eigenvalue weighted by molar-refractivity contribution is 7.92. The first kappa shape index (κ1) is 17.7. The predicted molar refractivity (Wildman–Crippen MR) is 90.9 cm³/mol. The summed E-state index contributed by atoms with van der Waals surface area (Å²) in [5.74, 6) is 0.634. The number of ether oxygens (including phenoxy) is 1. The van der Waals surface area contributed by atoms with Crippen LogP contribution in [0.4, 0.5) is 11.4 Å². The Hall–Kier alpha value is -2.61. The van der Waals surface area contributed by atoms with Gasteiger partial charge in [0, 0.05) is 19.2 Å². The van der Waals surface area contributed by atoms with Crippen molar-refractivity contribution in [3.8, 4) is 5.75 Å². The lowest BCUT2D eigenvalue weighted by atomic mass is 10.3. The van der Waals surface area contributed by atoms with Crippen molar-refractivity contribution < 1.29 is 18.1 Å². The van der Waals surface area contributed by atoms with E-state index in [0.29, 0.717) is 11.4 Å². The number of benzene rings is 2. The summed E-state index contributed by atoms with van der Waals surface area (Å²) >= 11 is 0. The molecule has 0 aliphatic carbocycles. The molecule has 0 heterocycles. The highest BCUT2D eigenvalue weighted by atomic mass is 32.2.